The molecule has 0 saturated heterocycles. The van der Waals surface area contributed by atoms with Gasteiger partial charge in [-0.05, 0) is 49.3 Å². The summed E-state index contributed by atoms with van der Waals surface area (Å²) >= 11 is 0. The molecule has 2 heteroatoms. The SMILES string of the molecule is C=C[C@](C)(C(=O)O)c1ccc2c(c1)CCCC2. The topological polar surface area (TPSA) is 37.3 Å². The molecule has 1 atom stereocenters. The molecule has 17 heavy (non-hydrogen) atoms. The molecule has 1 aliphatic carbocycles. The van der Waals surface area contributed by atoms with Crippen LogP contribution in [0.1, 0.15) is 36.5 Å². The molecular weight excluding hydrogens is 212 g/mol. The Labute approximate surface area is 102 Å². The summed E-state index contributed by atoms with van der Waals surface area (Å²) in [4.78, 5) is 11.3. The minimum absolute atomic E-state index is 0.834. The van der Waals surface area contributed by atoms with Gasteiger partial charge in [-0.25, -0.2) is 0 Å². The second kappa shape index (κ2) is 4.36. The van der Waals surface area contributed by atoms with Crippen LogP contribution >= 0.6 is 0 Å². The van der Waals surface area contributed by atoms with Crippen LogP contribution in [0.2, 0.25) is 0 Å². The highest BCUT2D eigenvalue weighted by atomic mass is 16.4. The van der Waals surface area contributed by atoms with E-state index in [9.17, 15) is 9.90 Å². The Morgan fingerprint density at radius 2 is 2.00 bits per heavy atom. The summed E-state index contributed by atoms with van der Waals surface area (Å²) in [6, 6.07) is 6.05. The highest BCUT2D eigenvalue weighted by Gasteiger charge is 2.32. The Balaban J connectivity index is 2.46. The number of carboxylic acid groups (broad SMARTS) is 1. The summed E-state index contributed by atoms with van der Waals surface area (Å²) in [7, 11) is 0. The van der Waals surface area contributed by atoms with Crippen molar-refractivity contribution < 1.29 is 9.90 Å². The van der Waals surface area contributed by atoms with E-state index in [0.717, 1.165) is 18.4 Å². The van der Waals surface area contributed by atoms with Crippen molar-refractivity contribution in [1.82, 2.24) is 0 Å². The van der Waals surface area contributed by atoms with E-state index >= 15 is 0 Å². The van der Waals surface area contributed by atoms with Crippen LogP contribution in [0.15, 0.2) is 30.9 Å². The molecule has 1 N–H and O–H groups in total. The number of benzene rings is 1. The Morgan fingerprint density at radius 3 is 2.59 bits per heavy atom. The highest BCUT2D eigenvalue weighted by molar-refractivity contribution is 5.83. The first kappa shape index (κ1) is 11.9. The van der Waals surface area contributed by atoms with E-state index in [1.807, 2.05) is 12.1 Å². The third-order valence-electron chi connectivity index (χ3n) is 3.80. The van der Waals surface area contributed by atoms with Gasteiger partial charge in [-0.3, -0.25) is 4.79 Å². The molecule has 1 aromatic carbocycles. The standard InChI is InChI=1S/C15H18O2/c1-3-15(2,14(16)17)13-9-8-11-6-4-5-7-12(11)10-13/h3,8-10H,1,4-7H2,2H3,(H,16,17)/t15-/m0/s1. The predicted molar refractivity (Wildman–Crippen MR) is 68.3 cm³/mol. The van der Waals surface area contributed by atoms with Crippen LogP contribution in [0.3, 0.4) is 0 Å². The molecule has 0 amide bonds. The number of fused-ring (bicyclic) bond motifs is 1. The van der Waals surface area contributed by atoms with Crippen LogP contribution in [0.4, 0.5) is 0 Å². The smallest absolute Gasteiger partial charge is 0.317 e. The molecule has 2 rings (SSSR count). The van der Waals surface area contributed by atoms with Crippen molar-refractivity contribution in [3.05, 3.63) is 47.5 Å². The fraction of sp³-hybridized carbons (Fsp3) is 0.400. The summed E-state index contributed by atoms with van der Waals surface area (Å²) < 4.78 is 0. The van der Waals surface area contributed by atoms with Gasteiger partial charge in [-0.2, -0.15) is 0 Å². The van der Waals surface area contributed by atoms with Gasteiger partial charge in [-0.1, -0.05) is 24.3 Å². The molecule has 0 heterocycles. The van der Waals surface area contributed by atoms with Gasteiger partial charge in [0.05, 0.1) is 0 Å². The quantitative estimate of drug-likeness (QED) is 0.810. The first-order valence-corrected chi connectivity index (χ1v) is 6.07. The third-order valence-corrected chi connectivity index (χ3v) is 3.80. The van der Waals surface area contributed by atoms with E-state index in [1.54, 1.807) is 6.92 Å². The van der Waals surface area contributed by atoms with Gasteiger partial charge < -0.3 is 5.11 Å². The van der Waals surface area contributed by atoms with Crippen LogP contribution in [-0.4, -0.2) is 11.1 Å². The summed E-state index contributed by atoms with van der Waals surface area (Å²) in [6.45, 7) is 5.36. The predicted octanol–water partition coefficient (Wildman–Crippen LogP) is 3.09. The van der Waals surface area contributed by atoms with Gasteiger partial charge in [0, 0.05) is 0 Å². The van der Waals surface area contributed by atoms with Crippen LogP contribution in [-0.2, 0) is 23.1 Å². The van der Waals surface area contributed by atoms with Crippen LogP contribution in [0.5, 0.6) is 0 Å². The second-order valence-corrected chi connectivity index (χ2v) is 4.90. The van der Waals surface area contributed by atoms with E-state index in [4.69, 9.17) is 0 Å². The number of aliphatic carboxylic acids is 1. The summed E-state index contributed by atoms with van der Waals surface area (Å²) in [5.74, 6) is -0.844. The van der Waals surface area contributed by atoms with Gasteiger partial charge in [-0.15, -0.1) is 6.58 Å². The minimum Gasteiger partial charge on any atom is -0.480 e. The number of carboxylic acids is 1. The molecule has 90 valence electrons. The molecule has 0 radical (unpaired) electrons. The fourth-order valence-corrected chi connectivity index (χ4v) is 2.39. The van der Waals surface area contributed by atoms with Gasteiger partial charge in [0.2, 0.25) is 0 Å². The Hall–Kier alpha value is -1.57. The lowest BCUT2D eigenvalue weighted by molar-refractivity contribution is -0.141. The van der Waals surface area contributed by atoms with Crippen molar-refractivity contribution in [3.8, 4) is 0 Å². The first-order chi connectivity index (χ1) is 8.08. The van der Waals surface area contributed by atoms with E-state index in [0.29, 0.717) is 0 Å². The average molecular weight is 230 g/mol. The molecule has 0 bridgehead atoms. The second-order valence-electron chi connectivity index (χ2n) is 4.90. The van der Waals surface area contributed by atoms with E-state index in [2.05, 4.69) is 12.6 Å². The molecule has 1 aromatic rings. The van der Waals surface area contributed by atoms with E-state index in [1.165, 1.54) is 30.0 Å². The monoisotopic (exact) mass is 230 g/mol. The molecule has 1 aliphatic rings. The zero-order valence-electron chi connectivity index (χ0n) is 10.2. The van der Waals surface area contributed by atoms with Gasteiger partial charge in [0.25, 0.3) is 0 Å². The minimum atomic E-state index is -0.980. The third kappa shape index (κ3) is 1.99. The van der Waals surface area contributed by atoms with E-state index < -0.39 is 11.4 Å². The van der Waals surface area contributed by atoms with Gasteiger partial charge in [0.1, 0.15) is 5.41 Å². The summed E-state index contributed by atoms with van der Waals surface area (Å²) in [5.41, 5.74) is 2.53. The lowest BCUT2D eigenvalue weighted by atomic mass is 9.79. The molecule has 0 saturated carbocycles. The fourth-order valence-electron chi connectivity index (χ4n) is 2.39. The molecule has 0 spiro atoms. The zero-order valence-corrected chi connectivity index (χ0v) is 10.2. The van der Waals surface area contributed by atoms with Crippen LogP contribution in [0, 0.1) is 0 Å². The van der Waals surface area contributed by atoms with Crippen LogP contribution in [0.25, 0.3) is 0 Å². The highest BCUT2D eigenvalue weighted by Crippen LogP contribution is 2.30. The average Bonchev–Trinajstić information content (AvgIpc) is 2.37. The lowest BCUT2D eigenvalue weighted by Gasteiger charge is -2.24. The van der Waals surface area contributed by atoms with Crippen molar-refractivity contribution >= 4 is 5.97 Å². The zero-order chi connectivity index (χ0) is 12.5. The van der Waals surface area contributed by atoms with Crippen LogP contribution < -0.4 is 0 Å². The first-order valence-electron chi connectivity index (χ1n) is 6.07. The van der Waals surface area contributed by atoms with Crippen molar-refractivity contribution in [2.45, 2.75) is 38.0 Å². The van der Waals surface area contributed by atoms with Crippen molar-refractivity contribution in [1.29, 1.82) is 0 Å². The molecule has 0 aliphatic heterocycles. The number of hydrogen-bond acceptors (Lipinski definition) is 1. The molecule has 0 unspecified atom stereocenters. The Morgan fingerprint density at radius 1 is 1.35 bits per heavy atom. The normalized spacial score (nSPS) is 17.9. The van der Waals surface area contributed by atoms with Crippen molar-refractivity contribution in [3.63, 3.8) is 0 Å². The number of aryl methyl sites for hydroxylation is 2. The summed E-state index contributed by atoms with van der Waals surface area (Å²) in [5, 5.41) is 9.32. The largest absolute Gasteiger partial charge is 0.480 e. The van der Waals surface area contributed by atoms with Crippen molar-refractivity contribution in [2.75, 3.05) is 0 Å². The molecule has 0 fully saturated rings. The van der Waals surface area contributed by atoms with Gasteiger partial charge >= 0.3 is 5.97 Å². The van der Waals surface area contributed by atoms with E-state index in [-0.39, 0.29) is 0 Å². The maximum atomic E-state index is 11.3. The molecule has 0 aromatic heterocycles. The number of carbonyl (C=O) groups is 1. The Bertz CT molecular complexity index is 462. The molecule has 2 nitrogen and oxygen atoms in total. The lowest BCUT2D eigenvalue weighted by Crippen LogP contribution is -2.30. The Kier molecular flexibility index (Phi) is 3.05. The van der Waals surface area contributed by atoms with Gasteiger partial charge in [0.15, 0.2) is 0 Å². The summed E-state index contributed by atoms with van der Waals surface area (Å²) in [6.07, 6.45) is 6.14. The van der Waals surface area contributed by atoms with Crippen molar-refractivity contribution in [2.24, 2.45) is 0 Å². The molecular formula is C15H18O2. The maximum absolute atomic E-state index is 11.3. The maximum Gasteiger partial charge on any atom is 0.317 e. The number of rotatable bonds is 3. The number of hydrogen-bond donors (Lipinski definition) is 1.